The Kier molecular flexibility index (Phi) is 7.72. The molecule has 21 heavy (non-hydrogen) atoms. The summed E-state index contributed by atoms with van der Waals surface area (Å²) in [6.07, 6.45) is 5.44. The number of carbonyl (C=O) groups is 2. The molecule has 5 nitrogen and oxygen atoms in total. The molecule has 5 heteroatoms. The third-order valence-electron chi connectivity index (χ3n) is 4.55. The van der Waals surface area contributed by atoms with Crippen molar-refractivity contribution in [2.45, 2.75) is 65.0 Å². The highest BCUT2D eigenvalue weighted by atomic mass is 16.5. The molecule has 1 rings (SSSR count). The average Bonchev–Trinajstić information content (AvgIpc) is 2.51. The van der Waals surface area contributed by atoms with E-state index >= 15 is 0 Å². The summed E-state index contributed by atoms with van der Waals surface area (Å²) in [7, 11) is 1.36. The van der Waals surface area contributed by atoms with Gasteiger partial charge in [-0.2, -0.15) is 0 Å². The lowest BCUT2D eigenvalue weighted by Crippen LogP contribution is -2.51. The van der Waals surface area contributed by atoms with Crippen molar-refractivity contribution in [1.29, 1.82) is 0 Å². The molecule has 3 atom stereocenters. The van der Waals surface area contributed by atoms with Crippen LogP contribution in [0.1, 0.15) is 52.9 Å². The van der Waals surface area contributed by atoms with Crippen LogP contribution in [0.5, 0.6) is 0 Å². The first kappa shape index (κ1) is 18.0. The summed E-state index contributed by atoms with van der Waals surface area (Å²) < 4.78 is 4.80. The second kappa shape index (κ2) is 9.03. The number of likely N-dealkylation sites (tertiary alicyclic amines) is 1. The van der Waals surface area contributed by atoms with E-state index in [0.29, 0.717) is 12.6 Å². The third-order valence-corrected chi connectivity index (χ3v) is 4.55. The van der Waals surface area contributed by atoms with Crippen molar-refractivity contribution in [2.75, 3.05) is 20.2 Å². The van der Waals surface area contributed by atoms with Crippen LogP contribution in [0.15, 0.2) is 0 Å². The van der Waals surface area contributed by atoms with Crippen LogP contribution in [0.4, 0.5) is 0 Å². The summed E-state index contributed by atoms with van der Waals surface area (Å²) in [4.78, 5) is 26.3. The number of amides is 1. The van der Waals surface area contributed by atoms with Gasteiger partial charge in [0.1, 0.15) is 6.04 Å². The molecule has 0 aromatic carbocycles. The first-order valence-electron chi connectivity index (χ1n) is 8.14. The van der Waals surface area contributed by atoms with Gasteiger partial charge in [0.2, 0.25) is 5.91 Å². The minimum absolute atomic E-state index is 0.0738. The van der Waals surface area contributed by atoms with Crippen molar-refractivity contribution in [2.24, 2.45) is 5.92 Å². The molecule has 0 bridgehead atoms. The fourth-order valence-electron chi connectivity index (χ4n) is 2.93. The van der Waals surface area contributed by atoms with E-state index in [1.54, 1.807) is 0 Å². The lowest BCUT2D eigenvalue weighted by atomic mass is 9.98. The molecule has 1 aliphatic heterocycles. The van der Waals surface area contributed by atoms with E-state index in [1.807, 2.05) is 13.8 Å². The highest BCUT2D eigenvalue weighted by Crippen LogP contribution is 2.19. The number of methoxy groups -OCH3 is 1. The molecule has 1 amide bonds. The van der Waals surface area contributed by atoms with Crippen LogP contribution in [-0.4, -0.2) is 49.1 Å². The van der Waals surface area contributed by atoms with Crippen molar-refractivity contribution in [1.82, 2.24) is 10.2 Å². The Morgan fingerprint density at radius 1 is 1.33 bits per heavy atom. The second-order valence-corrected chi connectivity index (χ2v) is 5.98. The van der Waals surface area contributed by atoms with Gasteiger partial charge >= 0.3 is 5.97 Å². The molecule has 0 spiro atoms. The average molecular weight is 298 g/mol. The van der Waals surface area contributed by atoms with Gasteiger partial charge in [0, 0.05) is 6.04 Å². The van der Waals surface area contributed by atoms with E-state index in [0.717, 1.165) is 32.2 Å². The van der Waals surface area contributed by atoms with Crippen molar-refractivity contribution < 1.29 is 14.3 Å². The predicted octanol–water partition coefficient (Wildman–Crippen LogP) is 1.95. The van der Waals surface area contributed by atoms with Crippen molar-refractivity contribution in [3.05, 3.63) is 0 Å². The maximum Gasteiger partial charge on any atom is 0.328 e. The van der Waals surface area contributed by atoms with Gasteiger partial charge in [0.25, 0.3) is 0 Å². The van der Waals surface area contributed by atoms with E-state index in [-0.39, 0.29) is 17.8 Å². The molecule has 1 heterocycles. The Bertz CT molecular complexity index is 346. The molecular weight excluding hydrogens is 268 g/mol. The Labute approximate surface area is 128 Å². The van der Waals surface area contributed by atoms with Crippen LogP contribution >= 0.6 is 0 Å². The van der Waals surface area contributed by atoms with E-state index < -0.39 is 6.04 Å². The zero-order valence-electron chi connectivity index (χ0n) is 13.9. The minimum Gasteiger partial charge on any atom is -0.467 e. The van der Waals surface area contributed by atoms with Crippen molar-refractivity contribution in [3.63, 3.8) is 0 Å². The Hall–Kier alpha value is -1.10. The van der Waals surface area contributed by atoms with Crippen LogP contribution in [-0.2, 0) is 14.3 Å². The van der Waals surface area contributed by atoms with Gasteiger partial charge < -0.3 is 10.1 Å². The van der Waals surface area contributed by atoms with Gasteiger partial charge in [-0.3, -0.25) is 9.69 Å². The van der Waals surface area contributed by atoms with Crippen LogP contribution in [0.3, 0.4) is 0 Å². The highest BCUT2D eigenvalue weighted by molar-refractivity contribution is 5.85. The fraction of sp³-hybridized carbons (Fsp3) is 0.875. The first-order chi connectivity index (χ1) is 10.0. The number of hydrogen-bond acceptors (Lipinski definition) is 4. The zero-order valence-corrected chi connectivity index (χ0v) is 13.9. The summed E-state index contributed by atoms with van der Waals surface area (Å²) in [5.41, 5.74) is 0. The Balaban J connectivity index is 2.58. The lowest BCUT2D eigenvalue weighted by Gasteiger charge is -2.35. The second-order valence-electron chi connectivity index (χ2n) is 5.98. The number of esters is 1. The lowest BCUT2D eigenvalue weighted by molar-refractivity contribution is -0.146. The summed E-state index contributed by atoms with van der Waals surface area (Å²) in [5, 5.41) is 2.86. The maximum atomic E-state index is 12.3. The fourth-order valence-corrected chi connectivity index (χ4v) is 2.93. The number of carbonyl (C=O) groups excluding carboxylic acids is 2. The largest absolute Gasteiger partial charge is 0.467 e. The van der Waals surface area contributed by atoms with E-state index in [4.69, 9.17) is 4.74 Å². The molecule has 1 N–H and O–H groups in total. The number of nitrogens with one attached hydrogen (secondary N) is 1. The molecule has 0 aliphatic carbocycles. The maximum absolute atomic E-state index is 12.3. The monoisotopic (exact) mass is 298 g/mol. The standard InChI is InChI=1S/C16H30N2O3/c1-5-12(3)15(16(20)21-4)17-14(19)11-18-10-8-7-9-13(18)6-2/h12-13,15H,5-11H2,1-4H3,(H,17,19). The summed E-state index contributed by atoms with van der Waals surface area (Å²) in [6.45, 7) is 7.47. The van der Waals surface area contributed by atoms with E-state index in [9.17, 15) is 9.59 Å². The number of ether oxygens (including phenoxy) is 1. The minimum atomic E-state index is -0.544. The molecule has 3 unspecified atom stereocenters. The molecule has 122 valence electrons. The van der Waals surface area contributed by atoms with Gasteiger partial charge in [0.15, 0.2) is 0 Å². The molecular formula is C16H30N2O3. The topological polar surface area (TPSA) is 58.6 Å². The number of hydrogen-bond donors (Lipinski definition) is 1. The normalized spacial score (nSPS) is 22.4. The quantitative estimate of drug-likeness (QED) is 0.730. The Morgan fingerprint density at radius 3 is 2.62 bits per heavy atom. The van der Waals surface area contributed by atoms with Crippen LogP contribution < -0.4 is 5.32 Å². The van der Waals surface area contributed by atoms with Gasteiger partial charge in [-0.15, -0.1) is 0 Å². The van der Waals surface area contributed by atoms with Crippen molar-refractivity contribution >= 4 is 11.9 Å². The van der Waals surface area contributed by atoms with Gasteiger partial charge in [-0.05, 0) is 31.7 Å². The van der Waals surface area contributed by atoms with E-state index in [2.05, 4.69) is 17.1 Å². The van der Waals surface area contributed by atoms with Gasteiger partial charge in [-0.1, -0.05) is 33.6 Å². The van der Waals surface area contributed by atoms with Crippen LogP contribution in [0, 0.1) is 5.92 Å². The molecule has 1 fully saturated rings. The first-order valence-corrected chi connectivity index (χ1v) is 8.14. The van der Waals surface area contributed by atoms with Gasteiger partial charge in [-0.25, -0.2) is 4.79 Å². The number of nitrogens with zero attached hydrogens (tertiary/aromatic N) is 1. The number of rotatable bonds is 7. The van der Waals surface area contributed by atoms with Crippen LogP contribution in [0.25, 0.3) is 0 Å². The molecule has 0 aromatic heterocycles. The molecule has 1 saturated heterocycles. The van der Waals surface area contributed by atoms with Crippen molar-refractivity contribution in [3.8, 4) is 0 Å². The Morgan fingerprint density at radius 2 is 2.05 bits per heavy atom. The summed E-state index contributed by atoms with van der Waals surface area (Å²) in [5.74, 6) is -0.362. The summed E-state index contributed by atoms with van der Waals surface area (Å²) in [6, 6.07) is -0.0537. The SMILES string of the molecule is CCC(C)C(NC(=O)CN1CCCCC1CC)C(=O)OC. The smallest absolute Gasteiger partial charge is 0.328 e. The molecule has 0 radical (unpaired) electrons. The van der Waals surface area contributed by atoms with Gasteiger partial charge in [0.05, 0.1) is 13.7 Å². The highest BCUT2D eigenvalue weighted by Gasteiger charge is 2.28. The van der Waals surface area contributed by atoms with E-state index in [1.165, 1.54) is 13.5 Å². The predicted molar refractivity (Wildman–Crippen MR) is 82.9 cm³/mol. The third kappa shape index (κ3) is 5.30. The van der Waals surface area contributed by atoms with Crippen LogP contribution in [0.2, 0.25) is 0 Å². The molecule has 0 saturated carbocycles. The zero-order chi connectivity index (χ0) is 15.8. The molecule has 0 aromatic rings. The number of piperidine rings is 1. The summed E-state index contributed by atoms with van der Waals surface area (Å²) >= 11 is 0. The molecule has 1 aliphatic rings.